The highest BCUT2D eigenvalue weighted by Crippen LogP contribution is 2.26. The van der Waals surface area contributed by atoms with Gasteiger partial charge >= 0.3 is 0 Å². The second-order valence-corrected chi connectivity index (χ2v) is 10.1. The van der Waals surface area contributed by atoms with Crippen LogP contribution in [0.1, 0.15) is 34.8 Å². The molecule has 190 valence electrons. The summed E-state index contributed by atoms with van der Waals surface area (Å²) in [7, 11) is 0. The Morgan fingerprint density at radius 1 is 1.03 bits per heavy atom. The Morgan fingerprint density at radius 3 is 2.68 bits per heavy atom. The normalized spacial score (nSPS) is 16.2. The Morgan fingerprint density at radius 2 is 1.89 bits per heavy atom. The highest BCUT2D eigenvalue weighted by molar-refractivity contribution is 6.07. The lowest BCUT2D eigenvalue weighted by Crippen LogP contribution is -2.52. The van der Waals surface area contributed by atoms with E-state index in [-0.39, 0.29) is 5.91 Å². The van der Waals surface area contributed by atoms with Crippen molar-refractivity contribution in [2.45, 2.75) is 33.2 Å². The number of carbonyl (C=O) groups excluding carboxylic acids is 1. The molecule has 2 aromatic heterocycles. The minimum atomic E-state index is -0.0548. The molecule has 4 aromatic rings. The van der Waals surface area contributed by atoms with Crippen LogP contribution in [-0.4, -0.2) is 59.5 Å². The number of aryl methyl sites for hydroxylation is 2. The number of nitrogens with zero attached hydrogens (tertiary/aromatic N) is 4. The highest BCUT2D eigenvalue weighted by atomic mass is 16.1. The molecule has 0 aliphatic carbocycles. The molecule has 1 unspecified atom stereocenters. The van der Waals surface area contributed by atoms with Crippen LogP contribution in [0.25, 0.3) is 22.2 Å². The van der Waals surface area contributed by atoms with Gasteiger partial charge in [-0.3, -0.25) is 14.7 Å². The SMILES string of the molecule is Cc1cccc(N2CCN(CCCNC(=O)c3cc(-c4cccnc4)nc4ccc(C)cc34)CC2C)c1. The van der Waals surface area contributed by atoms with Gasteiger partial charge in [-0.15, -0.1) is 0 Å². The molecule has 1 N–H and O–H groups in total. The van der Waals surface area contributed by atoms with Gasteiger partial charge in [0, 0.05) is 61.3 Å². The van der Waals surface area contributed by atoms with Crippen LogP contribution >= 0.6 is 0 Å². The first kappa shape index (κ1) is 24.9. The molecule has 3 heterocycles. The quantitative estimate of drug-likeness (QED) is 0.357. The van der Waals surface area contributed by atoms with Crippen LogP contribution in [0.2, 0.25) is 0 Å². The zero-order chi connectivity index (χ0) is 25.8. The summed E-state index contributed by atoms with van der Waals surface area (Å²) < 4.78 is 0. The van der Waals surface area contributed by atoms with E-state index in [0.29, 0.717) is 18.2 Å². The first-order valence-corrected chi connectivity index (χ1v) is 13.1. The van der Waals surface area contributed by atoms with E-state index in [1.54, 1.807) is 12.4 Å². The predicted octanol–water partition coefficient (Wildman–Crippen LogP) is 5.24. The number of piperazine rings is 1. The number of fused-ring (bicyclic) bond motifs is 1. The van der Waals surface area contributed by atoms with E-state index >= 15 is 0 Å². The van der Waals surface area contributed by atoms with Gasteiger partial charge in [0.1, 0.15) is 0 Å². The minimum absolute atomic E-state index is 0.0548. The fourth-order valence-electron chi connectivity index (χ4n) is 5.22. The average Bonchev–Trinajstić information content (AvgIpc) is 2.91. The lowest BCUT2D eigenvalue weighted by molar-refractivity contribution is 0.0952. The number of nitrogens with one attached hydrogen (secondary N) is 1. The first-order chi connectivity index (χ1) is 18.0. The van der Waals surface area contributed by atoms with Crippen molar-refractivity contribution in [3.05, 3.63) is 89.7 Å². The van der Waals surface area contributed by atoms with Gasteiger partial charge in [-0.05, 0) is 81.8 Å². The first-order valence-electron chi connectivity index (χ1n) is 13.1. The van der Waals surface area contributed by atoms with Crippen LogP contribution in [0.5, 0.6) is 0 Å². The third-order valence-corrected chi connectivity index (χ3v) is 7.15. The molecule has 1 saturated heterocycles. The summed E-state index contributed by atoms with van der Waals surface area (Å²) in [5, 5.41) is 4.04. The van der Waals surface area contributed by atoms with Crippen LogP contribution < -0.4 is 10.2 Å². The maximum Gasteiger partial charge on any atom is 0.252 e. The van der Waals surface area contributed by atoms with Crippen LogP contribution in [0.4, 0.5) is 5.69 Å². The van der Waals surface area contributed by atoms with Gasteiger partial charge in [0.15, 0.2) is 0 Å². The molecule has 1 aliphatic heterocycles. The Kier molecular flexibility index (Phi) is 7.47. The Balaban J connectivity index is 1.20. The summed E-state index contributed by atoms with van der Waals surface area (Å²) in [6.07, 6.45) is 4.44. The summed E-state index contributed by atoms with van der Waals surface area (Å²) in [6.45, 7) is 11.2. The van der Waals surface area contributed by atoms with Crippen molar-refractivity contribution in [1.82, 2.24) is 20.2 Å². The molecule has 0 bridgehead atoms. The number of carbonyl (C=O) groups is 1. The standard InChI is InChI=1S/C31H35N5O/c1-22-7-4-9-26(17-22)36-16-15-35(21-24(36)3)14-6-13-33-31(37)28-19-30(25-8-5-12-32-20-25)34-29-11-10-23(2)18-27(28)29/h4-5,7-12,17-20,24H,6,13-16,21H2,1-3H3,(H,33,37). The molecule has 6 nitrogen and oxygen atoms in total. The number of pyridine rings is 2. The van der Waals surface area contributed by atoms with E-state index in [4.69, 9.17) is 4.98 Å². The molecule has 0 saturated carbocycles. The van der Waals surface area contributed by atoms with E-state index < -0.39 is 0 Å². The number of rotatable bonds is 7. The van der Waals surface area contributed by atoms with E-state index in [2.05, 4.69) is 58.2 Å². The molecular weight excluding hydrogens is 458 g/mol. The van der Waals surface area contributed by atoms with Crippen molar-refractivity contribution >= 4 is 22.5 Å². The number of hydrogen-bond acceptors (Lipinski definition) is 5. The molecule has 1 fully saturated rings. The smallest absolute Gasteiger partial charge is 0.252 e. The maximum atomic E-state index is 13.3. The molecule has 5 rings (SSSR count). The largest absolute Gasteiger partial charge is 0.366 e. The molecular formula is C31H35N5O. The summed E-state index contributed by atoms with van der Waals surface area (Å²) in [5.74, 6) is -0.0548. The fraction of sp³-hybridized carbons (Fsp3) is 0.323. The van der Waals surface area contributed by atoms with Crippen molar-refractivity contribution < 1.29 is 4.79 Å². The highest BCUT2D eigenvalue weighted by Gasteiger charge is 2.23. The van der Waals surface area contributed by atoms with E-state index in [0.717, 1.165) is 60.3 Å². The summed E-state index contributed by atoms with van der Waals surface area (Å²) in [5.41, 5.74) is 6.85. The van der Waals surface area contributed by atoms with Crippen LogP contribution in [0, 0.1) is 13.8 Å². The Hall–Kier alpha value is -3.77. The van der Waals surface area contributed by atoms with Gasteiger partial charge in [0.05, 0.1) is 16.8 Å². The summed E-state index contributed by atoms with van der Waals surface area (Å²) in [4.78, 5) is 27.3. The fourth-order valence-corrected chi connectivity index (χ4v) is 5.22. The minimum Gasteiger partial charge on any atom is -0.366 e. The van der Waals surface area contributed by atoms with Crippen LogP contribution in [0.15, 0.2) is 73.1 Å². The van der Waals surface area contributed by atoms with Gasteiger partial charge in [-0.2, -0.15) is 0 Å². The number of hydrogen-bond donors (Lipinski definition) is 1. The molecule has 0 spiro atoms. The number of aromatic nitrogens is 2. The third kappa shape index (κ3) is 5.81. The van der Waals surface area contributed by atoms with Gasteiger partial charge in [0.2, 0.25) is 0 Å². The second kappa shape index (κ2) is 11.1. The molecule has 2 aromatic carbocycles. The Bertz CT molecular complexity index is 1390. The molecule has 0 radical (unpaired) electrons. The molecule has 1 atom stereocenters. The zero-order valence-electron chi connectivity index (χ0n) is 21.9. The van der Waals surface area contributed by atoms with Crippen molar-refractivity contribution in [3.63, 3.8) is 0 Å². The van der Waals surface area contributed by atoms with Gasteiger partial charge in [0.25, 0.3) is 5.91 Å². The summed E-state index contributed by atoms with van der Waals surface area (Å²) >= 11 is 0. The lowest BCUT2D eigenvalue weighted by atomic mass is 10.0. The van der Waals surface area contributed by atoms with Crippen molar-refractivity contribution in [3.8, 4) is 11.3 Å². The molecule has 6 heteroatoms. The third-order valence-electron chi connectivity index (χ3n) is 7.15. The maximum absolute atomic E-state index is 13.3. The Labute approximate surface area is 219 Å². The number of benzene rings is 2. The lowest BCUT2D eigenvalue weighted by Gasteiger charge is -2.41. The van der Waals surface area contributed by atoms with Crippen LogP contribution in [0.3, 0.4) is 0 Å². The summed E-state index contributed by atoms with van der Waals surface area (Å²) in [6, 6.07) is 21.0. The van der Waals surface area contributed by atoms with Crippen LogP contribution in [-0.2, 0) is 0 Å². The van der Waals surface area contributed by atoms with Gasteiger partial charge in [-0.25, -0.2) is 4.98 Å². The predicted molar refractivity (Wildman–Crippen MR) is 151 cm³/mol. The van der Waals surface area contributed by atoms with Crippen molar-refractivity contribution in [2.75, 3.05) is 37.6 Å². The van der Waals surface area contributed by atoms with E-state index in [9.17, 15) is 4.79 Å². The van der Waals surface area contributed by atoms with E-state index in [1.807, 2.05) is 43.3 Å². The topological polar surface area (TPSA) is 61.4 Å². The van der Waals surface area contributed by atoms with E-state index in [1.165, 1.54) is 11.3 Å². The second-order valence-electron chi connectivity index (χ2n) is 10.1. The average molecular weight is 494 g/mol. The number of amides is 1. The van der Waals surface area contributed by atoms with Gasteiger partial charge < -0.3 is 10.2 Å². The molecule has 1 aliphatic rings. The van der Waals surface area contributed by atoms with Crippen molar-refractivity contribution in [2.24, 2.45) is 0 Å². The van der Waals surface area contributed by atoms with Gasteiger partial charge in [-0.1, -0.05) is 23.8 Å². The monoisotopic (exact) mass is 493 g/mol. The number of anilines is 1. The molecule has 1 amide bonds. The zero-order valence-corrected chi connectivity index (χ0v) is 21.9. The molecule has 37 heavy (non-hydrogen) atoms. The van der Waals surface area contributed by atoms with Crippen molar-refractivity contribution in [1.29, 1.82) is 0 Å².